The van der Waals surface area contributed by atoms with Gasteiger partial charge in [-0.2, -0.15) is 0 Å². The van der Waals surface area contributed by atoms with Gasteiger partial charge in [0, 0.05) is 44.5 Å². The molecule has 7 nitrogen and oxygen atoms in total. The number of ether oxygens (including phenoxy) is 1. The number of aromatic nitrogens is 3. The molecule has 0 unspecified atom stereocenters. The second-order valence-electron chi connectivity index (χ2n) is 5.42. The van der Waals surface area contributed by atoms with E-state index < -0.39 is 0 Å². The van der Waals surface area contributed by atoms with Gasteiger partial charge in [0.1, 0.15) is 11.4 Å². The summed E-state index contributed by atoms with van der Waals surface area (Å²) in [5.74, 6) is 0.848. The fourth-order valence-electron chi connectivity index (χ4n) is 2.79. The van der Waals surface area contributed by atoms with Crippen LogP contribution in [0.5, 0.6) is 5.75 Å². The van der Waals surface area contributed by atoms with Gasteiger partial charge in [-0.15, -0.1) is 5.10 Å². The number of hydrogen-bond acceptors (Lipinski definition) is 5. The van der Waals surface area contributed by atoms with Gasteiger partial charge in [-0.25, -0.2) is 4.68 Å². The van der Waals surface area contributed by atoms with Gasteiger partial charge >= 0.3 is 0 Å². The summed E-state index contributed by atoms with van der Waals surface area (Å²) in [6.45, 7) is 5.56. The van der Waals surface area contributed by atoms with E-state index in [2.05, 4.69) is 21.3 Å². The van der Waals surface area contributed by atoms with E-state index >= 15 is 0 Å². The third-order valence-corrected chi connectivity index (χ3v) is 4.12. The van der Waals surface area contributed by atoms with Crippen LogP contribution in [0.25, 0.3) is 0 Å². The summed E-state index contributed by atoms with van der Waals surface area (Å²) < 4.78 is 6.91. The predicted molar refractivity (Wildman–Crippen MR) is 86.8 cm³/mol. The average Bonchev–Trinajstić information content (AvgIpc) is 3.10. The molecule has 1 fully saturated rings. The quantitative estimate of drug-likeness (QED) is 0.850. The van der Waals surface area contributed by atoms with Crippen LogP contribution in [0.1, 0.15) is 17.4 Å². The van der Waals surface area contributed by atoms with Crippen LogP contribution >= 0.6 is 0 Å². The fraction of sp³-hybridized carbons (Fsp3) is 0.438. The second kappa shape index (κ2) is 6.68. The van der Waals surface area contributed by atoms with Crippen LogP contribution in [0.15, 0.2) is 30.5 Å². The van der Waals surface area contributed by atoms with Crippen molar-refractivity contribution in [3.8, 4) is 5.75 Å². The smallest absolute Gasteiger partial charge is 0.273 e. The van der Waals surface area contributed by atoms with Crippen molar-refractivity contribution >= 4 is 11.6 Å². The Balaban J connectivity index is 1.65. The number of anilines is 1. The molecule has 23 heavy (non-hydrogen) atoms. The summed E-state index contributed by atoms with van der Waals surface area (Å²) in [6, 6.07) is 8.00. The molecule has 0 spiro atoms. The lowest BCUT2D eigenvalue weighted by molar-refractivity contribution is 0.0734. The summed E-state index contributed by atoms with van der Waals surface area (Å²) in [5.41, 5.74) is 1.68. The molecular weight excluding hydrogens is 294 g/mol. The normalized spacial score (nSPS) is 14.9. The lowest BCUT2D eigenvalue weighted by Gasteiger charge is -2.36. The summed E-state index contributed by atoms with van der Waals surface area (Å²) in [7, 11) is 1.67. The number of benzene rings is 1. The van der Waals surface area contributed by atoms with Crippen LogP contribution in [0.4, 0.5) is 5.69 Å². The molecule has 0 aliphatic carbocycles. The van der Waals surface area contributed by atoms with Gasteiger partial charge in [0.25, 0.3) is 5.91 Å². The Hall–Kier alpha value is -2.57. The molecule has 1 aromatic carbocycles. The topological polar surface area (TPSA) is 63.5 Å². The first-order chi connectivity index (χ1) is 11.2. The molecule has 122 valence electrons. The van der Waals surface area contributed by atoms with E-state index in [1.54, 1.807) is 18.0 Å². The van der Waals surface area contributed by atoms with Crippen molar-refractivity contribution in [2.75, 3.05) is 38.2 Å². The van der Waals surface area contributed by atoms with Crippen LogP contribution in [0.2, 0.25) is 0 Å². The predicted octanol–water partition coefficient (Wildman–Crippen LogP) is 1.27. The molecule has 1 aliphatic rings. The lowest BCUT2D eigenvalue weighted by Crippen LogP contribution is -2.49. The number of hydrogen-bond donors (Lipinski definition) is 0. The van der Waals surface area contributed by atoms with Crippen LogP contribution < -0.4 is 9.64 Å². The molecule has 0 saturated carbocycles. The molecule has 3 rings (SSSR count). The van der Waals surface area contributed by atoms with Gasteiger partial charge in [0.15, 0.2) is 0 Å². The highest BCUT2D eigenvalue weighted by Gasteiger charge is 2.24. The van der Waals surface area contributed by atoms with Crippen LogP contribution in [-0.2, 0) is 6.54 Å². The molecule has 0 N–H and O–H groups in total. The molecule has 0 atom stereocenters. The SMILES string of the molecule is CCn1nncc1C(=O)N1CCN(c2cccc(OC)c2)CC1. The van der Waals surface area contributed by atoms with Crippen LogP contribution in [0, 0.1) is 0 Å². The fourth-order valence-corrected chi connectivity index (χ4v) is 2.79. The second-order valence-corrected chi connectivity index (χ2v) is 5.42. The Morgan fingerprint density at radius 1 is 1.26 bits per heavy atom. The minimum atomic E-state index is 0.00198. The first-order valence-corrected chi connectivity index (χ1v) is 7.79. The highest BCUT2D eigenvalue weighted by molar-refractivity contribution is 5.92. The van der Waals surface area contributed by atoms with Crippen molar-refractivity contribution in [3.63, 3.8) is 0 Å². The summed E-state index contributed by atoms with van der Waals surface area (Å²) >= 11 is 0. The Bertz CT molecular complexity index is 677. The summed E-state index contributed by atoms with van der Waals surface area (Å²) in [4.78, 5) is 16.7. The van der Waals surface area contributed by atoms with Crippen molar-refractivity contribution in [1.82, 2.24) is 19.9 Å². The first-order valence-electron chi connectivity index (χ1n) is 7.79. The van der Waals surface area contributed by atoms with Crippen molar-refractivity contribution in [3.05, 3.63) is 36.2 Å². The van der Waals surface area contributed by atoms with Gasteiger partial charge in [0.2, 0.25) is 0 Å². The van der Waals surface area contributed by atoms with E-state index in [4.69, 9.17) is 4.74 Å². The van der Waals surface area contributed by atoms with Crippen LogP contribution in [0.3, 0.4) is 0 Å². The number of amides is 1. The van der Waals surface area contributed by atoms with Gasteiger partial charge in [-0.3, -0.25) is 4.79 Å². The number of carbonyl (C=O) groups excluding carboxylic acids is 1. The van der Waals surface area contributed by atoms with E-state index in [0.29, 0.717) is 25.3 Å². The Morgan fingerprint density at radius 3 is 2.74 bits per heavy atom. The van der Waals surface area contributed by atoms with Gasteiger partial charge < -0.3 is 14.5 Å². The Labute approximate surface area is 135 Å². The van der Waals surface area contributed by atoms with Crippen molar-refractivity contribution in [2.24, 2.45) is 0 Å². The molecule has 0 bridgehead atoms. The van der Waals surface area contributed by atoms with E-state index in [9.17, 15) is 4.79 Å². The third kappa shape index (κ3) is 3.13. The summed E-state index contributed by atoms with van der Waals surface area (Å²) in [5, 5.41) is 7.76. The zero-order valence-corrected chi connectivity index (χ0v) is 13.5. The maximum atomic E-state index is 12.6. The van der Waals surface area contributed by atoms with E-state index in [1.165, 1.54) is 0 Å². The minimum absolute atomic E-state index is 0.00198. The highest BCUT2D eigenvalue weighted by Crippen LogP contribution is 2.22. The molecule has 2 heterocycles. The number of methoxy groups -OCH3 is 1. The molecule has 1 saturated heterocycles. The molecule has 1 aromatic heterocycles. The van der Waals surface area contributed by atoms with E-state index in [0.717, 1.165) is 24.5 Å². The maximum Gasteiger partial charge on any atom is 0.273 e. The largest absolute Gasteiger partial charge is 0.497 e. The zero-order valence-electron chi connectivity index (χ0n) is 13.5. The summed E-state index contributed by atoms with van der Waals surface area (Å²) in [6.07, 6.45) is 1.54. The van der Waals surface area contributed by atoms with E-state index in [1.807, 2.05) is 30.0 Å². The maximum absolute atomic E-state index is 12.6. The molecule has 0 radical (unpaired) electrons. The monoisotopic (exact) mass is 315 g/mol. The lowest BCUT2D eigenvalue weighted by atomic mass is 10.2. The van der Waals surface area contributed by atoms with Crippen molar-refractivity contribution in [2.45, 2.75) is 13.5 Å². The van der Waals surface area contributed by atoms with Gasteiger partial charge in [0.05, 0.1) is 13.3 Å². The number of rotatable bonds is 4. The minimum Gasteiger partial charge on any atom is -0.497 e. The molecule has 2 aromatic rings. The molecular formula is C16H21N5O2. The number of piperazine rings is 1. The van der Waals surface area contributed by atoms with E-state index in [-0.39, 0.29) is 5.91 Å². The number of aryl methyl sites for hydroxylation is 1. The van der Waals surface area contributed by atoms with Crippen LogP contribution in [-0.4, -0.2) is 59.1 Å². The number of carbonyl (C=O) groups is 1. The average molecular weight is 315 g/mol. The Kier molecular flexibility index (Phi) is 4.45. The highest BCUT2D eigenvalue weighted by atomic mass is 16.5. The zero-order chi connectivity index (χ0) is 16.2. The van der Waals surface area contributed by atoms with Crippen molar-refractivity contribution in [1.29, 1.82) is 0 Å². The molecule has 1 aliphatic heterocycles. The number of nitrogens with zero attached hydrogens (tertiary/aromatic N) is 5. The van der Waals surface area contributed by atoms with Crippen molar-refractivity contribution < 1.29 is 9.53 Å². The molecule has 7 heteroatoms. The van der Waals surface area contributed by atoms with Gasteiger partial charge in [-0.1, -0.05) is 11.3 Å². The third-order valence-electron chi connectivity index (χ3n) is 4.12. The first kappa shape index (κ1) is 15.3. The standard InChI is InChI=1S/C16H21N5O2/c1-3-21-15(12-17-18-21)16(22)20-9-7-19(8-10-20)13-5-4-6-14(11-13)23-2/h4-6,11-12H,3,7-10H2,1-2H3. The Morgan fingerprint density at radius 2 is 2.04 bits per heavy atom. The molecule has 1 amide bonds. The van der Waals surface area contributed by atoms with Gasteiger partial charge in [-0.05, 0) is 19.1 Å².